The molecule has 0 radical (unpaired) electrons. The Morgan fingerprint density at radius 2 is 1.91 bits per heavy atom. The van der Waals surface area contributed by atoms with Crippen LogP contribution in [0.1, 0.15) is 12.1 Å². The van der Waals surface area contributed by atoms with Gasteiger partial charge in [0.2, 0.25) is 10.0 Å². The topological polar surface area (TPSA) is 85.9 Å². The van der Waals surface area contributed by atoms with Crippen molar-refractivity contribution in [3.63, 3.8) is 0 Å². The molecule has 118 valence electrons. The first-order valence-corrected chi connectivity index (χ1v) is 8.15. The van der Waals surface area contributed by atoms with E-state index in [1.807, 2.05) is 0 Å². The monoisotopic (exact) mass is 415 g/mol. The van der Waals surface area contributed by atoms with Gasteiger partial charge in [-0.05, 0) is 28.1 Å². The van der Waals surface area contributed by atoms with Gasteiger partial charge < -0.3 is 0 Å². The van der Waals surface area contributed by atoms with Crippen molar-refractivity contribution in [1.82, 2.24) is 9.97 Å². The molecule has 22 heavy (non-hydrogen) atoms. The Labute approximate surface area is 136 Å². The normalized spacial score (nSPS) is 12.0. The van der Waals surface area contributed by atoms with Crippen LogP contribution in [0.5, 0.6) is 0 Å². The summed E-state index contributed by atoms with van der Waals surface area (Å²) in [4.78, 5) is 6.53. The maximum absolute atomic E-state index is 14.0. The summed E-state index contributed by atoms with van der Waals surface area (Å²) in [7, 11) is -4.23. The van der Waals surface area contributed by atoms with E-state index in [1.54, 1.807) is 0 Å². The van der Waals surface area contributed by atoms with E-state index in [0.29, 0.717) is 6.07 Å². The van der Waals surface area contributed by atoms with Crippen LogP contribution in [0.25, 0.3) is 11.3 Å². The van der Waals surface area contributed by atoms with E-state index < -0.39 is 37.9 Å². The van der Waals surface area contributed by atoms with Gasteiger partial charge in [-0.15, -0.1) is 0 Å². The van der Waals surface area contributed by atoms with E-state index in [-0.39, 0.29) is 15.7 Å². The van der Waals surface area contributed by atoms with Gasteiger partial charge in [0.1, 0.15) is 22.7 Å². The van der Waals surface area contributed by atoms with Crippen molar-refractivity contribution in [2.45, 2.75) is 11.3 Å². The first-order chi connectivity index (χ1) is 10.1. The van der Waals surface area contributed by atoms with Gasteiger partial charge in [0.25, 0.3) is 6.43 Å². The van der Waals surface area contributed by atoms with Gasteiger partial charge in [-0.3, -0.25) is 0 Å². The standard InChI is InChI=1S/C11H6BrClF3N3O2S/c12-8-9(18-3-19-10(8)11(15)16)4-1-7(22(17,20)21)5(13)2-6(4)14/h1-3,11H,(H2,17,20,21). The number of nitrogens with two attached hydrogens (primary N) is 1. The lowest BCUT2D eigenvalue weighted by molar-refractivity contribution is 0.145. The van der Waals surface area contributed by atoms with Crippen LogP contribution in [-0.2, 0) is 10.0 Å². The van der Waals surface area contributed by atoms with Gasteiger partial charge in [-0.1, -0.05) is 11.6 Å². The molecule has 2 rings (SSSR count). The Kier molecular flexibility index (Phi) is 4.76. The van der Waals surface area contributed by atoms with Gasteiger partial charge in [-0.25, -0.2) is 36.7 Å². The fourth-order valence-corrected chi connectivity index (χ4v) is 3.33. The molecule has 0 aliphatic carbocycles. The third kappa shape index (κ3) is 3.24. The molecule has 0 fully saturated rings. The Morgan fingerprint density at radius 1 is 1.27 bits per heavy atom. The summed E-state index contributed by atoms with van der Waals surface area (Å²) < 4.78 is 62.2. The number of rotatable bonds is 3. The van der Waals surface area contributed by atoms with Crippen LogP contribution in [-0.4, -0.2) is 18.4 Å². The molecule has 1 aromatic carbocycles. The molecule has 1 heterocycles. The number of alkyl halides is 2. The molecule has 0 saturated heterocycles. The number of aromatic nitrogens is 2. The van der Waals surface area contributed by atoms with E-state index in [4.69, 9.17) is 16.7 Å². The minimum Gasteiger partial charge on any atom is -0.235 e. The van der Waals surface area contributed by atoms with Gasteiger partial charge in [-0.2, -0.15) is 0 Å². The molecule has 1 aromatic heterocycles. The van der Waals surface area contributed by atoms with Crippen LogP contribution in [0.15, 0.2) is 27.8 Å². The molecule has 0 aliphatic rings. The lowest BCUT2D eigenvalue weighted by atomic mass is 10.1. The summed E-state index contributed by atoms with van der Waals surface area (Å²) in [6.45, 7) is 0. The van der Waals surface area contributed by atoms with E-state index in [0.717, 1.165) is 12.4 Å². The third-order valence-electron chi connectivity index (χ3n) is 2.61. The summed E-state index contributed by atoms with van der Waals surface area (Å²) in [6, 6.07) is 1.54. The van der Waals surface area contributed by atoms with Crippen LogP contribution in [0.2, 0.25) is 5.02 Å². The average molecular weight is 417 g/mol. The number of primary sulfonamides is 1. The molecule has 2 aromatic rings. The number of nitrogens with zero attached hydrogens (tertiary/aromatic N) is 2. The zero-order chi connectivity index (χ0) is 16.7. The zero-order valence-corrected chi connectivity index (χ0v) is 13.6. The SMILES string of the molecule is NS(=O)(=O)c1cc(-c2ncnc(C(F)F)c2Br)c(F)cc1Cl. The smallest absolute Gasteiger partial charge is 0.235 e. The van der Waals surface area contributed by atoms with Crippen LogP contribution in [0.3, 0.4) is 0 Å². The van der Waals surface area contributed by atoms with Crippen molar-refractivity contribution in [2.24, 2.45) is 5.14 Å². The molecular formula is C11H6BrClF3N3O2S. The Bertz CT molecular complexity index is 849. The zero-order valence-electron chi connectivity index (χ0n) is 10.4. The quantitative estimate of drug-likeness (QED) is 0.832. The molecule has 0 unspecified atom stereocenters. The second-order valence-corrected chi connectivity index (χ2v) is 6.76. The second-order valence-electron chi connectivity index (χ2n) is 4.03. The Hall–Kier alpha value is -1.23. The van der Waals surface area contributed by atoms with Crippen LogP contribution in [0, 0.1) is 5.82 Å². The highest BCUT2D eigenvalue weighted by atomic mass is 79.9. The molecule has 0 atom stereocenters. The van der Waals surface area contributed by atoms with Crippen LogP contribution < -0.4 is 5.14 Å². The van der Waals surface area contributed by atoms with Gasteiger partial charge >= 0.3 is 0 Å². The summed E-state index contributed by atoms with van der Waals surface area (Å²) >= 11 is 8.49. The molecule has 0 amide bonds. The Morgan fingerprint density at radius 3 is 2.45 bits per heavy atom. The number of hydrogen-bond acceptors (Lipinski definition) is 4. The number of sulfonamides is 1. The second kappa shape index (κ2) is 6.11. The van der Waals surface area contributed by atoms with Crippen molar-refractivity contribution in [3.05, 3.63) is 39.5 Å². The van der Waals surface area contributed by atoms with Crippen molar-refractivity contribution in [1.29, 1.82) is 0 Å². The van der Waals surface area contributed by atoms with Gasteiger partial charge in [0.15, 0.2) is 0 Å². The summed E-state index contributed by atoms with van der Waals surface area (Å²) in [5, 5.41) is 4.54. The number of benzene rings is 1. The maximum atomic E-state index is 14.0. The summed E-state index contributed by atoms with van der Waals surface area (Å²) in [6.07, 6.45) is -2.11. The highest BCUT2D eigenvalue weighted by Gasteiger charge is 2.23. The van der Waals surface area contributed by atoms with Crippen LogP contribution >= 0.6 is 27.5 Å². The summed E-state index contributed by atoms with van der Waals surface area (Å²) in [5.74, 6) is -0.947. The summed E-state index contributed by atoms with van der Waals surface area (Å²) in [5.41, 5.74) is -1.26. The third-order valence-corrected chi connectivity index (χ3v) is 4.76. The average Bonchev–Trinajstić information content (AvgIpc) is 2.38. The number of halogens is 5. The van der Waals surface area contributed by atoms with Crippen LogP contribution in [0.4, 0.5) is 13.2 Å². The fourth-order valence-electron chi connectivity index (χ4n) is 1.65. The van der Waals surface area contributed by atoms with Crippen molar-refractivity contribution < 1.29 is 21.6 Å². The number of hydrogen-bond donors (Lipinski definition) is 1. The van der Waals surface area contributed by atoms with E-state index >= 15 is 0 Å². The lowest BCUT2D eigenvalue weighted by Crippen LogP contribution is -2.13. The van der Waals surface area contributed by atoms with E-state index in [2.05, 4.69) is 25.9 Å². The minimum atomic E-state index is -4.23. The highest BCUT2D eigenvalue weighted by molar-refractivity contribution is 9.10. The fraction of sp³-hybridized carbons (Fsp3) is 0.0909. The van der Waals surface area contributed by atoms with E-state index in [9.17, 15) is 21.6 Å². The molecule has 0 bridgehead atoms. The maximum Gasteiger partial charge on any atom is 0.281 e. The minimum absolute atomic E-state index is 0.246. The van der Waals surface area contributed by atoms with Crippen molar-refractivity contribution in [3.8, 4) is 11.3 Å². The van der Waals surface area contributed by atoms with E-state index in [1.165, 1.54) is 0 Å². The Balaban J connectivity index is 2.76. The van der Waals surface area contributed by atoms with Crippen molar-refractivity contribution in [2.75, 3.05) is 0 Å². The largest absolute Gasteiger partial charge is 0.281 e. The molecule has 0 spiro atoms. The lowest BCUT2D eigenvalue weighted by Gasteiger charge is -2.10. The predicted molar refractivity (Wildman–Crippen MR) is 76.5 cm³/mol. The van der Waals surface area contributed by atoms with Gasteiger partial charge in [0.05, 0.1) is 15.2 Å². The van der Waals surface area contributed by atoms with Crippen molar-refractivity contribution >= 4 is 37.6 Å². The molecule has 0 aliphatic heterocycles. The molecule has 11 heteroatoms. The predicted octanol–water partition coefficient (Wildman–Crippen LogP) is 3.28. The first kappa shape index (κ1) is 17.1. The molecule has 2 N–H and O–H groups in total. The molecule has 5 nitrogen and oxygen atoms in total. The molecular weight excluding hydrogens is 411 g/mol. The highest BCUT2D eigenvalue weighted by Crippen LogP contribution is 2.36. The van der Waals surface area contributed by atoms with Gasteiger partial charge in [0, 0.05) is 5.56 Å². The first-order valence-electron chi connectivity index (χ1n) is 5.43. The molecule has 0 saturated carbocycles.